The predicted octanol–water partition coefficient (Wildman–Crippen LogP) is 4.09. The molecular formula is C19H19F3N2O2. The summed E-state index contributed by atoms with van der Waals surface area (Å²) in [5, 5.41) is 5.58. The number of ether oxygens (including phenoxy) is 1. The predicted molar refractivity (Wildman–Crippen MR) is 92.4 cm³/mol. The number of para-hydroxylation sites is 2. The molecule has 1 amide bonds. The van der Waals surface area contributed by atoms with Gasteiger partial charge in [-0.2, -0.15) is 13.2 Å². The lowest BCUT2D eigenvalue weighted by Gasteiger charge is -2.25. The Bertz CT molecular complexity index is 771. The van der Waals surface area contributed by atoms with E-state index in [1.807, 2.05) is 0 Å². The number of alkyl halides is 3. The zero-order valence-electron chi connectivity index (χ0n) is 14.0. The van der Waals surface area contributed by atoms with Crippen molar-refractivity contribution in [3.05, 3.63) is 59.7 Å². The van der Waals surface area contributed by atoms with E-state index < -0.39 is 17.6 Å². The fraction of sp³-hybridized carbons (Fsp3) is 0.316. The maximum absolute atomic E-state index is 13.1. The van der Waals surface area contributed by atoms with E-state index in [-0.39, 0.29) is 17.4 Å². The number of piperidine rings is 1. The molecular weight excluding hydrogens is 345 g/mol. The highest BCUT2D eigenvalue weighted by atomic mass is 19.4. The molecule has 0 aromatic heterocycles. The van der Waals surface area contributed by atoms with Crippen LogP contribution in [0.5, 0.6) is 5.75 Å². The van der Waals surface area contributed by atoms with E-state index in [2.05, 4.69) is 10.6 Å². The average Bonchev–Trinajstić information content (AvgIpc) is 2.62. The van der Waals surface area contributed by atoms with Crippen molar-refractivity contribution in [1.82, 2.24) is 5.32 Å². The summed E-state index contributed by atoms with van der Waals surface area (Å²) in [5.74, 6) is -0.257. The third-order valence-electron chi connectivity index (χ3n) is 4.19. The Balaban J connectivity index is 1.81. The zero-order chi connectivity index (χ0) is 18.6. The van der Waals surface area contributed by atoms with Gasteiger partial charge in [-0.15, -0.1) is 0 Å². The summed E-state index contributed by atoms with van der Waals surface area (Å²) in [6.45, 7) is 1.66. The topological polar surface area (TPSA) is 50.4 Å². The monoisotopic (exact) mass is 364 g/mol. The summed E-state index contributed by atoms with van der Waals surface area (Å²) in [7, 11) is 0. The van der Waals surface area contributed by atoms with Crippen LogP contribution in [0.15, 0.2) is 48.5 Å². The molecule has 0 unspecified atom stereocenters. The molecule has 7 heteroatoms. The van der Waals surface area contributed by atoms with Gasteiger partial charge in [0.1, 0.15) is 11.9 Å². The van der Waals surface area contributed by atoms with Crippen molar-refractivity contribution in [2.75, 3.05) is 18.4 Å². The molecule has 1 aliphatic heterocycles. The molecule has 0 saturated carbocycles. The molecule has 0 spiro atoms. The van der Waals surface area contributed by atoms with E-state index in [0.717, 1.165) is 32.0 Å². The van der Waals surface area contributed by atoms with Crippen molar-refractivity contribution in [3.8, 4) is 5.75 Å². The first-order chi connectivity index (χ1) is 12.4. The maximum atomic E-state index is 13.1. The highest BCUT2D eigenvalue weighted by molar-refractivity contribution is 6.06. The molecule has 2 aromatic carbocycles. The van der Waals surface area contributed by atoms with Crippen LogP contribution in [-0.2, 0) is 6.18 Å². The quantitative estimate of drug-likeness (QED) is 0.859. The highest BCUT2D eigenvalue weighted by Gasteiger charge is 2.33. The minimum atomic E-state index is -4.55. The number of amides is 1. The van der Waals surface area contributed by atoms with Crippen molar-refractivity contribution in [2.45, 2.75) is 25.1 Å². The van der Waals surface area contributed by atoms with Gasteiger partial charge in [0.2, 0.25) is 0 Å². The Morgan fingerprint density at radius 1 is 1.04 bits per heavy atom. The molecule has 1 saturated heterocycles. The third kappa shape index (κ3) is 4.35. The maximum Gasteiger partial charge on any atom is 0.418 e. The lowest BCUT2D eigenvalue weighted by molar-refractivity contribution is -0.136. The van der Waals surface area contributed by atoms with Crippen LogP contribution in [-0.4, -0.2) is 25.1 Å². The molecule has 2 aromatic rings. The number of hydrogen-bond donors (Lipinski definition) is 2. The van der Waals surface area contributed by atoms with Gasteiger partial charge < -0.3 is 15.4 Å². The largest absolute Gasteiger partial charge is 0.489 e. The van der Waals surface area contributed by atoms with Crippen LogP contribution in [0, 0.1) is 0 Å². The second-order valence-electron chi connectivity index (χ2n) is 6.06. The number of rotatable bonds is 4. The van der Waals surface area contributed by atoms with Gasteiger partial charge in [0, 0.05) is 0 Å². The van der Waals surface area contributed by atoms with Crippen molar-refractivity contribution in [2.24, 2.45) is 0 Å². The van der Waals surface area contributed by atoms with Crippen LogP contribution in [0.25, 0.3) is 0 Å². The second kappa shape index (κ2) is 7.78. The summed E-state index contributed by atoms with van der Waals surface area (Å²) >= 11 is 0. The Morgan fingerprint density at radius 2 is 1.69 bits per heavy atom. The molecule has 1 heterocycles. The second-order valence-corrected chi connectivity index (χ2v) is 6.06. The van der Waals surface area contributed by atoms with Gasteiger partial charge in [-0.3, -0.25) is 4.79 Å². The first-order valence-electron chi connectivity index (χ1n) is 8.39. The van der Waals surface area contributed by atoms with E-state index in [4.69, 9.17) is 4.74 Å². The van der Waals surface area contributed by atoms with Crippen molar-refractivity contribution >= 4 is 11.6 Å². The smallest absolute Gasteiger partial charge is 0.418 e. The van der Waals surface area contributed by atoms with Crippen LogP contribution in [0.4, 0.5) is 18.9 Å². The SMILES string of the molecule is O=C(Nc1ccccc1C(F)(F)F)c1ccccc1OC1CCNCC1. The van der Waals surface area contributed by atoms with Crippen LogP contribution in [0.3, 0.4) is 0 Å². The lowest BCUT2D eigenvalue weighted by atomic mass is 10.1. The normalized spacial score (nSPS) is 15.5. The lowest BCUT2D eigenvalue weighted by Crippen LogP contribution is -2.34. The molecule has 138 valence electrons. The summed E-state index contributed by atoms with van der Waals surface area (Å²) in [6, 6.07) is 11.5. The summed E-state index contributed by atoms with van der Waals surface area (Å²) in [4.78, 5) is 12.6. The van der Waals surface area contributed by atoms with Crippen LogP contribution >= 0.6 is 0 Å². The van der Waals surface area contributed by atoms with Gasteiger partial charge in [-0.25, -0.2) is 0 Å². The molecule has 0 atom stereocenters. The molecule has 1 aliphatic rings. The highest BCUT2D eigenvalue weighted by Crippen LogP contribution is 2.35. The number of hydrogen-bond acceptors (Lipinski definition) is 3. The van der Waals surface area contributed by atoms with Gasteiger partial charge >= 0.3 is 6.18 Å². The fourth-order valence-corrected chi connectivity index (χ4v) is 2.88. The minimum Gasteiger partial charge on any atom is -0.489 e. The van der Waals surface area contributed by atoms with Gasteiger partial charge in [-0.05, 0) is 50.2 Å². The Hall–Kier alpha value is -2.54. The Kier molecular flexibility index (Phi) is 5.46. The summed E-state index contributed by atoms with van der Waals surface area (Å²) in [6.07, 6.45) is -2.94. The number of benzene rings is 2. The molecule has 0 aliphatic carbocycles. The van der Waals surface area contributed by atoms with Crippen LogP contribution in [0.1, 0.15) is 28.8 Å². The van der Waals surface area contributed by atoms with E-state index in [9.17, 15) is 18.0 Å². The number of nitrogens with one attached hydrogen (secondary N) is 2. The van der Waals surface area contributed by atoms with Crippen molar-refractivity contribution in [3.63, 3.8) is 0 Å². The Labute approximate surface area is 149 Å². The fourth-order valence-electron chi connectivity index (χ4n) is 2.88. The van der Waals surface area contributed by atoms with E-state index in [0.29, 0.717) is 5.75 Å². The standard InChI is InChI=1S/C19H19F3N2O2/c20-19(21,22)15-6-2-3-7-16(15)24-18(25)14-5-1-4-8-17(14)26-13-9-11-23-12-10-13/h1-8,13,23H,9-12H2,(H,24,25). The Morgan fingerprint density at radius 3 is 2.42 bits per heavy atom. The van der Waals surface area contributed by atoms with Crippen molar-refractivity contribution in [1.29, 1.82) is 0 Å². The van der Waals surface area contributed by atoms with Gasteiger partial charge in [0.15, 0.2) is 0 Å². The number of carbonyl (C=O) groups is 1. The number of halogens is 3. The van der Waals surface area contributed by atoms with Crippen LogP contribution < -0.4 is 15.4 Å². The zero-order valence-corrected chi connectivity index (χ0v) is 14.0. The average molecular weight is 364 g/mol. The van der Waals surface area contributed by atoms with Gasteiger partial charge in [0.05, 0.1) is 16.8 Å². The first kappa shape index (κ1) is 18.3. The van der Waals surface area contributed by atoms with Crippen molar-refractivity contribution < 1.29 is 22.7 Å². The summed E-state index contributed by atoms with van der Waals surface area (Å²) < 4.78 is 45.2. The third-order valence-corrected chi connectivity index (χ3v) is 4.19. The van der Waals surface area contributed by atoms with Gasteiger partial charge in [-0.1, -0.05) is 24.3 Å². The van der Waals surface area contributed by atoms with E-state index >= 15 is 0 Å². The molecule has 0 bridgehead atoms. The molecule has 0 radical (unpaired) electrons. The van der Waals surface area contributed by atoms with E-state index in [1.165, 1.54) is 18.2 Å². The molecule has 1 fully saturated rings. The summed E-state index contributed by atoms with van der Waals surface area (Å²) in [5.41, 5.74) is -0.949. The molecule has 3 rings (SSSR count). The minimum absolute atomic E-state index is 0.0207. The van der Waals surface area contributed by atoms with E-state index in [1.54, 1.807) is 24.3 Å². The molecule has 2 N–H and O–H groups in total. The number of anilines is 1. The van der Waals surface area contributed by atoms with Crippen LogP contribution in [0.2, 0.25) is 0 Å². The molecule has 4 nitrogen and oxygen atoms in total. The molecule has 26 heavy (non-hydrogen) atoms. The number of carbonyl (C=O) groups excluding carboxylic acids is 1. The van der Waals surface area contributed by atoms with Gasteiger partial charge in [0.25, 0.3) is 5.91 Å². The first-order valence-corrected chi connectivity index (χ1v) is 8.39.